The molecule has 0 saturated carbocycles. The van der Waals surface area contributed by atoms with E-state index >= 15 is 0 Å². The molecule has 2 rings (SSSR count). The molecule has 1 aromatic rings. The van der Waals surface area contributed by atoms with Gasteiger partial charge in [-0.15, -0.1) is 6.42 Å². The zero-order valence-electron chi connectivity index (χ0n) is 9.73. The Morgan fingerprint density at radius 1 is 1.74 bits per heavy atom. The SMILES string of the molecule is C#CC1(O)[C@@H](F)[C@@H](CO)O[C@H]1n1ccc(N)nc1=S. The molecule has 0 radical (unpaired) electrons. The lowest BCUT2D eigenvalue weighted by Crippen LogP contribution is -2.43. The Labute approximate surface area is 113 Å². The lowest BCUT2D eigenvalue weighted by atomic mass is 9.96. The fraction of sp³-hybridized carbons (Fsp3) is 0.455. The molecule has 4 atom stereocenters. The number of ether oxygens (including phenoxy) is 1. The minimum absolute atomic E-state index is 0.00975. The van der Waals surface area contributed by atoms with Crippen molar-refractivity contribution in [2.24, 2.45) is 0 Å². The maximum atomic E-state index is 14.0. The van der Waals surface area contributed by atoms with Crippen molar-refractivity contribution in [2.45, 2.75) is 24.1 Å². The second-order valence-corrected chi connectivity index (χ2v) is 4.49. The highest BCUT2D eigenvalue weighted by atomic mass is 32.1. The number of hydrogen-bond donors (Lipinski definition) is 3. The van der Waals surface area contributed by atoms with Crippen LogP contribution in [0.5, 0.6) is 0 Å². The van der Waals surface area contributed by atoms with Crippen molar-refractivity contribution in [3.63, 3.8) is 0 Å². The predicted octanol–water partition coefficient (Wildman–Crippen LogP) is -0.213. The summed E-state index contributed by atoms with van der Waals surface area (Å²) in [6.45, 7) is -0.614. The van der Waals surface area contributed by atoms with Gasteiger partial charge in [0.2, 0.25) is 10.4 Å². The van der Waals surface area contributed by atoms with Crippen LogP contribution in [0.3, 0.4) is 0 Å². The first-order chi connectivity index (χ1) is 8.93. The van der Waals surface area contributed by atoms with Crippen LogP contribution >= 0.6 is 12.2 Å². The molecule has 4 N–H and O–H groups in total. The number of anilines is 1. The van der Waals surface area contributed by atoms with Crippen molar-refractivity contribution in [3.8, 4) is 12.3 Å². The lowest BCUT2D eigenvalue weighted by molar-refractivity contribution is -0.0739. The summed E-state index contributed by atoms with van der Waals surface area (Å²) >= 11 is 4.97. The van der Waals surface area contributed by atoms with E-state index in [1.807, 2.05) is 5.92 Å². The summed E-state index contributed by atoms with van der Waals surface area (Å²) in [4.78, 5) is 3.80. The molecule has 1 aliphatic rings. The van der Waals surface area contributed by atoms with Crippen LogP contribution in [0, 0.1) is 17.1 Å². The van der Waals surface area contributed by atoms with E-state index in [-0.39, 0.29) is 10.6 Å². The van der Waals surface area contributed by atoms with Gasteiger partial charge in [-0.1, -0.05) is 5.92 Å². The van der Waals surface area contributed by atoms with Crippen molar-refractivity contribution >= 4 is 18.0 Å². The van der Waals surface area contributed by atoms with Crippen molar-refractivity contribution in [2.75, 3.05) is 12.3 Å². The summed E-state index contributed by atoms with van der Waals surface area (Å²) in [6, 6.07) is 1.41. The Morgan fingerprint density at radius 2 is 2.42 bits per heavy atom. The third kappa shape index (κ3) is 2.11. The van der Waals surface area contributed by atoms with Crippen LogP contribution in [0.1, 0.15) is 6.23 Å². The molecule has 2 heterocycles. The van der Waals surface area contributed by atoms with Crippen LogP contribution in [0.25, 0.3) is 0 Å². The predicted molar refractivity (Wildman–Crippen MR) is 67.1 cm³/mol. The van der Waals surface area contributed by atoms with Gasteiger partial charge in [0.1, 0.15) is 11.9 Å². The van der Waals surface area contributed by atoms with Gasteiger partial charge >= 0.3 is 0 Å². The largest absolute Gasteiger partial charge is 0.394 e. The average Bonchev–Trinajstić information content (AvgIpc) is 2.63. The Bertz CT molecular complexity index is 587. The number of hydrogen-bond acceptors (Lipinski definition) is 6. The quantitative estimate of drug-likeness (QED) is 0.514. The molecule has 1 unspecified atom stereocenters. The second-order valence-electron chi connectivity index (χ2n) is 4.12. The minimum atomic E-state index is -2.23. The Balaban J connectivity index is 2.49. The molecular formula is C11H12FN3O3S. The fourth-order valence-corrected chi connectivity index (χ4v) is 2.19. The Hall–Kier alpha value is -1.53. The molecule has 1 fully saturated rings. The van der Waals surface area contributed by atoms with Gasteiger partial charge in [0.15, 0.2) is 12.4 Å². The van der Waals surface area contributed by atoms with Gasteiger partial charge in [0.25, 0.3) is 0 Å². The normalized spacial score (nSPS) is 34.1. The van der Waals surface area contributed by atoms with E-state index in [0.717, 1.165) is 0 Å². The van der Waals surface area contributed by atoms with Gasteiger partial charge in [-0.25, -0.2) is 9.37 Å². The molecule has 1 aliphatic heterocycles. The number of terminal acetylenes is 1. The van der Waals surface area contributed by atoms with E-state index in [2.05, 4.69) is 4.98 Å². The highest BCUT2D eigenvalue weighted by molar-refractivity contribution is 7.71. The highest BCUT2D eigenvalue weighted by Crippen LogP contribution is 2.39. The van der Waals surface area contributed by atoms with Crippen LogP contribution in [0.15, 0.2) is 12.3 Å². The lowest BCUT2D eigenvalue weighted by Gasteiger charge is -2.25. The standard InChI is InChI=1S/C11H12FN3O3S/c1-2-11(17)8(12)6(5-16)18-9(11)15-4-3-7(13)14-10(15)19/h1,3-4,6,8-9,16-17H,5H2,(H2,13,14,19)/t6-,8+,9-,11?/m1/s1. The van der Waals surface area contributed by atoms with Gasteiger partial charge in [-0.2, -0.15) is 0 Å². The van der Waals surface area contributed by atoms with Crippen molar-refractivity contribution in [3.05, 3.63) is 17.0 Å². The first-order valence-corrected chi connectivity index (χ1v) is 5.80. The Kier molecular flexibility index (Phi) is 3.56. The molecule has 1 aromatic heterocycles. The summed E-state index contributed by atoms with van der Waals surface area (Å²) in [5, 5.41) is 19.2. The zero-order valence-corrected chi connectivity index (χ0v) is 10.5. The second kappa shape index (κ2) is 4.86. The van der Waals surface area contributed by atoms with Crippen LogP contribution in [0.4, 0.5) is 10.2 Å². The smallest absolute Gasteiger partial charge is 0.204 e. The molecule has 6 nitrogen and oxygen atoms in total. The average molecular weight is 285 g/mol. The molecule has 8 heteroatoms. The maximum Gasteiger partial charge on any atom is 0.204 e. The van der Waals surface area contributed by atoms with Gasteiger partial charge in [0, 0.05) is 6.20 Å². The van der Waals surface area contributed by atoms with E-state index in [1.165, 1.54) is 16.8 Å². The van der Waals surface area contributed by atoms with Crippen molar-refractivity contribution in [1.29, 1.82) is 0 Å². The number of nitrogen functional groups attached to an aromatic ring is 1. The van der Waals surface area contributed by atoms with Crippen LogP contribution < -0.4 is 5.73 Å². The Morgan fingerprint density at radius 3 is 2.95 bits per heavy atom. The molecule has 0 amide bonds. The van der Waals surface area contributed by atoms with E-state index < -0.39 is 30.7 Å². The van der Waals surface area contributed by atoms with Crippen molar-refractivity contribution in [1.82, 2.24) is 9.55 Å². The first kappa shape index (κ1) is 13.9. The number of aromatic nitrogens is 2. The molecular weight excluding hydrogens is 273 g/mol. The van der Waals surface area contributed by atoms with E-state index in [9.17, 15) is 9.50 Å². The summed E-state index contributed by atoms with van der Waals surface area (Å²) in [7, 11) is 0. The van der Waals surface area contributed by atoms with Crippen molar-refractivity contribution < 1.29 is 19.3 Å². The van der Waals surface area contributed by atoms with Gasteiger partial charge in [-0.3, -0.25) is 4.57 Å². The van der Waals surface area contributed by atoms with Crippen LogP contribution in [0.2, 0.25) is 0 Å². The molecule has 0 aromatic carbocycles. The van der Waals surface area contributed by atoms with E-state index in [0.29, 0.717) is 0 Å². The monoisotopic (exact) mass is 285 g/mol. The molecule has 0 spiro atoms. The summed E-state index contributed by atoms with van der Waals surface area (Å²) in [5.41, 5.74) is 3.23. The summed E-state index contributed by atoms with van der Waals surface area (Å²) in [5.74, 6) is 2.14. The minimum Gasteiger partial charge on any atom is -0.394 e. The number of nitrogens with two attached hydrogens (primary N) is 1. The number of halogens is 1. The maximum absolute atomic E-state index is 14.0. The number of rotatable bonds is 2. The van der Waals surface area contributed by atoms with E-state index in [1.54, 1.807) is 0 Å². The van der Waals surface area contributed by atoms with Crippen LogP contribution in [-0.2, 0) is 4.74 Å². The topological polar surface area (TPSA) is 93.5 Å². The van der Waals surface area contributed by atoms with Gasteiger partial charge < -0.3 is 20.7 Å². The van der Waals surface area contributed by atoms with Gasteiger partial charge in [-0.05, 0) is 18.3 Å². The molecule has 0 aliphatic carbocycles. The number of nitrogens with zero attached hydrogens (tertiary/aromatic N) is 2. The number of aliphatic hydroxyl groups excluding tert-OH is 1. The molecule has 19 heavy (non-hydrogen) atoms. The zero-order chi connectivity index (χ0) is 14.2. The summed E-state index contributed by atoms with van der Waals surface area (Å²) < 4.78 is 20.4. The summed E-state index contributed by atoms with van der Waals surface area (Å²) in [6.07, 6.45) is 2.14. The number of alkyl halides is 1. The highest BCUT2D eigenvalue weighted by Gasteiger charge is 2.56. The van der Waals surface area contributed by atoms with Gasteiger partial charge in [0.05, 0.1) is 6.61 Å². The molecule has 1 saturated heterocycles. The third-order valence-corrected chi connectivity index (χ3v) is 3.24. The van der Waals surface area contributed by atoms with Crippen LogP contribution in [-0.4, -0.2) is 44.2 Å². The first-order valence-electron chi connectivity index (χ1n) is 5.39. The third-order valence-electron chi connectivity index (χ3n) is 2.94. The fourth-order valence-electron chi connectivity index (χ4n) is 1.93. The molecule has 0 bridgehead atoms. The molecule has 102 valence electrons. The van der Waals surface area contributed by atoms with E-state index in [4.69, 9.17) is 34.2 Å². The number of aliphatic hydroxyl groups is 2.